The predicted molar refractivity (Wildman–Crippen MR) is 84.9 cm³/mol. The Bertz CT molecular complexity index is 536. The third-order valence-corrected chi connectivity index (χ3v) is 6.04. The summed E-state index contributed by atoms with van der Waals surface area (Å²) in [5.74, 6) is 0. The van der Waals surface area contributed by atoms with Crippen LogP contribution in [0.1, 0.15) is 16.5 Å². The van der Waals surface area contributed by atoms with Crippen LogP contribution in [0.15, 0.2) is 37.7 Å². The van der Waals surface area contributed by atoms with Gasteiger partial charge >= 0.3 is 0 Å². The van der Waals surface area contributed by atoms with Gasteiger partial charge in [0.25, 0.3) is 0 Å². The molecule has 2 rings (SSSR count). The van der Waals surface area contributed by atoms with Crippen molar-refractivity contribution in [3.63, 3.8) is 0 Å². The number of halogens is 4. The number of benzene rings is 1. The van der Waals surface area contributed by atoms with Crippen molar-refractivity contribution >= 4 is 70.7 Å². The third-order valence-electron chi connectivity index (χ3n) is 2.26. The van der Waals surface area contributed by atoms with E-state index >= 15 is 0 Å². The van der Waals surface area contributed by atoms with Gasteiger partial charge in [-0.05, 0) is 45.8 Å². The van der Waals surface area contributed by atoms with Crippen LogP contribution in [0.5, 0.6) is 0 Å². The molecule has 2 N–H and O–H groups in total. The predicted octanol–water partition coefficient (Wildman–Crippen LogP) is 5.74. The van der Waals surface area contributed by atoms with Crippen molar-refractivity contribution in [3.8, 4) is 0 Å². The Hall–Kier alpha value is 0.610. The highest BCUT2D eigenvalue weighted by atomic mass is 79.9. The standard InChI is InChI=1S/C11H7Br3ClNS/c12-5-1-2-7(13)6(3-5)10(16)9-4-8(14)11(15)17-9/h1-4,10H,16H2. The van der Waals surface area contributed by atoms with Crippen molar-refractivity contribution in [2.24, 2.45) is 5.73 Å². The number of nitrogens with two attached hydrogens (primary N) is 1. The molecular weight excluding hydrogens is 453 g/mol. The lowest BCUT2D eigenvalue weighted by Gasteiger charge is -2.12. The fourth-order valence-electron chi connectivity index (χ4n) is 1.42. The second-order valence-electron chi connectivity index (χ2n) is 3.41. The molecule has 1 nitrogen and oxygen atoms in total. The Morgan fingerprint density at radius 3 is 2.41 bits per heavy atom. The normalized spacial score (nSPS) is 12.8. The molecule has 1 heterocycles. The van der Waals surface area contributed by atoms with E-state index in [2.05, 4.69) is 47.8 Å². The van der Waals surface area contributed by atoms with Crippen LogP contribution in [-0.4, -0.2) is 0 Å². The zero-order valence-electron chi connectivity index (χ0n) is 8.38. The van der Waals surface area contributed by atoms with Gasteiger partial charge in [-0.3, -0.25) is 0 Å². The average molecular weight is 460 g/mol. The third kappa shape index (κ3) is 3.14. The number of rotatable bonds is 2. The largest absolute Gasteiger partial charge is 0.320 e. The van der Waals surface area contributed by atoms with Crippen molar-refractivity contribution in [1.82, 2.24) is 0 Å². The van der Waals surface area contributed by atoms with Crippen LogP contribution in [0.3, 0.4) is 0 Å². The molecule has 0 spiro atoms. The van der Waals surface area contributed by atoms with Crippen LogP contribution in [0.2, 0.25) is 4.34 Å². The average Bonchev–Trinajstić information content (AvgIpc) is 2.62. The molecule has 0 saturated carbocycles. The van der Waals surface area contributed by atoms with Crippen molar-refractivity contribution in [1.29, 1.82) is 0 Å². The lowest BCUT2D eigenvalue weighted by Crippen LogP contribution is -2.10. The Balaban J connectivity index is 2.42. The van der Waals surface area contributed by atoms with Crippen molar-refractivity contribution in [2.45, 2.75) is 6.04 Å². The van der Waals surface area contributed by atoms with Crippen LogP contribution in [-0.2, 0) is 0 Å². The second-order valence-corrected chi connectivity index (χ2v) is 7.72. The molecule has 0 aliphatic carbocycles. The van der Waals surface area contributed by atoms with Gasteiger partial charge in [0.05, 0.1) is 6.04 Å². The van der Waals surface area contributed by atoms with E-state index < -0.39 is 0 Å². The molecule has 0 aliphatic heterocycles. The molecule has 0 amide bonds. The monoisotopic (exact) mass is 457 g/mol. The molecule has 1 atom stereocenters. The maximum absolute atomic E-state index is 6.25. The summed E-state index contributed by atoms with van der Waals surface area (Å²) in [5.41, 5.74) is 7.28. The molecule has 0 bridgehead atoms. The van der Waals surface area contributed by atoms with Gasteiger partial charge in [0, 0.05) is 18.3 Å². The molecule has 17 heavy (non-hydrogen) atoms. The van der Waals surface area contributed by atoms with Crippen LogP contribution in [0.4, 0.5) is 0 Å². The maximum Gasteiger partial charge on any atom is 0.107 e. The zero-order valence-corrected chi connectivity index (χ0v) is 14.7. The minimum Gasteiger partial charge on any atom is -0.320 e. The summed E-state index contributed by atoms with van der Waals surface area (Å²) in [6.07, 6.45) is 0. The molecule has 0 fully saturated rings. The smallest absolute Gasteiger partial charge is 0.107 e. The molecule has 1 aromatic heterocycles. The lowest BCUT2D eigenvalue weighted by atomic mass is 10.1. The Labute approximate surface area is 134 Å². The fraction of sp³-hybridized carbons (Fsp3) is 0.0909. The zero-order chi connectivity index (χ0) is 12.6. The van der Waals surface area contributed by atoms with E-state index in [-0.39, 0.29) is 6.04 Å². The van der Waals surface area contributed by atoms with Gasteiger partial charge in [-0.2, -0.15) is 0 Å². The first-order valence-electron chi connectivity index (χ1n) is 4.64. The highest BCUT2D eigenvalue weighted by Gasteiger charge is 2.16. The van der Waals surface area contributed by atoms with E-state index in [1.807, 2.05) is 24.3 Å². The topological polar surface area (TPSA) is 26.0 Å². The van der Waals surface area contributed by atoms with Gasteiger partial charge < -0.3 is 5.73 Å². The van der Waals surface area contributed by atoms with Crippen molar-refractivity contribution in [2.75, 3.05) is 0 Å². The molecule has 1 unspecified atom stereocenters. The van der Waals surface area contributed by atoms with Gasteiger partial charge in [-0.1, -0.05) is 43.5 Å². The van der Waals surface area contributed by atoms with Gasteiger partial charge in [0.15, 0.2) is 0 Å². The molecule has 0 radical (unpaired) electrons. The summed E-state index contributed by atoms with van der Waals surface area (Å²) in [6.45, 7) is 0. The highest BCUT2D eigenvalue weighted by Crippen LogP contribution is 2.38. The minimum atomic E-state index is -0.185. The van der Waals surface area contributed by atoms with Gasteiger partial charge in [0.2, 0.25) is 0 Å². The van der Waals surface area contributed by atoms with Crippen molar-refractivity contribution in [3.05, 3.63) is 52.5 Å². The molecule has 1 aromatic carbocycles. The quantitative estimate of drug-likeness (QED) is 0.608. The Kier molecular flexibility index (Phi) is 4.72. The lowest BCUT2D eigenvalue weighted by molar-refractivity contribution is 0.886. The Morgan fingerprint density at radius 1 is 1.12 bits per heavy atom. The first-order chi connectivity index (χ1) is 7.99. The fourth-order valence-corrected chi connectivity index (χ4v) is 4.05. The number of hydrogen-bond acceptors (Lipinski definition) is 2. The first kappa shape index (κ1) is 14.0. The van der Waals surface area contributed by atoms with E-state index in [0.717, 1.165) is 28.2 Å². The molecular formula is C11H7Br3ClNS. The van der Waals surface area contributed by atoms with E-state index in [1.54, 1.807) is 0 Å². The van der Waals surface area contributed by atoms with E-state index in [9.17, 15) is 0 Å². The summed E-state index contributed by atoms with van der Waals surface area (Å²) in [7, 11) is 0. The minimum absolute atomic E-state index is 0.185. The summed E-state index contributed by atoms with van der Waals surface area (Å²) in [5, 5.41) is 0. The second kappa shape index (κ2) is 5.72. The molecule has 90 valence electrons. The van der Waals surface area contributed by atoms with Gasteiger partial charge in [0.1, 0.15) is 4.34 Å². The van der Waals surface area contributed by atoms with Crippen LogP contribution in [0.25, 0.3) is 0 Å². The van der Waals surface area contributed by atoms with Crippen LogP contribution in [0, 0.1) is 0 Å². The number of thiophene rings is 1. The van der Waals surface area contributed by atoms with Crippen molar-refractivity contribution < 1.29 is 0 Å². The highest BCUT2D eigenvalue weighted by molar-refractivity contribution is 9.11. The summed E-state index contributed by atoms with van der Waals surface area (Å²) < 4.78 is 3.61. The maximum atomic E-state index is 6.25. The van der Waals surface area contributed by atoms with Gasteiger partial charge in [-0.25, -0.2) is 0 Å². The Morgan fingerprint density at radius 2 is 1.82 bits per heavy atom. The SMILES string of the molecule is NC(c1cc(Br)c(Cl)s1)c1cc(Br)ccc1Br. The van der Waals surface area contributed by atoms with E-state index in [1.165, 1.54) is 11.3 Å². The summed E-state index contributed by atoms with van der Waals surface area (Å²) >= 11 is 17.9. The molecule has 0 aliphatic rings. The summed E-state index contributed by atoms with van der Waals surface area (Å²) in [6, 6.07) is 7.73. The molecule has 0 saturated heterocycles. The molecule has 6 heteroatoms. The van der Waals surface area contributed by atoms with E-state index in [0.29, 0.717) is 0 Å². The van der Waals surface area contributed by atoms with Crippen LogP contribution < -0.4 is 5.73 Å². The summed E-state index contributed by atoms with van der Waals surface area (Å²) in [4.78, 5) is 1.03. The first-order valence-corrected chi connectivity index (χ1v) is 8.21. The number of hydrogen-bond donors (Lipinski definition) is 1. The molecule has 2 aromatic rings. The van der Waals surface area contributed by atoms with Gasteiger partial charge in [-0.15, -0.1) is 11.3 Å². The van der Waals surface area contributed by atoms with Crippen LogP contribution >= 0.6 is 70.7 Å². The van der Waals surface area contributed by atoms with E-state index in [4.69, 9.17) is 17.3 Å².